The van der Waals surface area contributed by atoms with Crippen molar-refractivity contribution in [2.45, 2.75) is 83.1 Å². The summed E-state index contributed by atoms with van der Waals surface area (Å²) < 4.78 is 12.1. The molecule has 4 fully saturated rings. The molecule has 2 amide bonds. The summed E-state index contributed by atoms with van der Waals surface area (Å²) in [5.74, 6) is 1.37. The molecule has 4 saturated carbocycles. The molecule has 1 aromatic rings. The quantitative estimate of drug-likeness (QED) is 0.576. The van der Waals surface area contributed by atoms with Gasteiger partial charge in [-0.05, 0) is 83.6 Å². The average Bonchev–Trinajstić information content (AvgIpc) is 3.09. The first-order chi connectivity index (χ1) is 15.5. The van der Waals surface area contributed by atoms with Gasteiger partial charge in [-0.25, -0.2) is 9.48 Å². The van der Waals surface area contributed by atoms with Gasteiger partial charge in [-0.2, -0.15) is 5.10 Å². The zero-order valence-corrected chi connectivity index (χ0v) is 20.1. The van der Waals surface area contributed by atoms with Crippen LogP contribution in [0.25, 0.3) is 6.20 Å². The van der Waals surface area contributed by atoms with Crippen molar-refractivity contribution < 1.29 is 24.2 Å². The first-order valence-corrected chi connectivity index (χ1v) is 11.8. The van der Waals surface area contributed by atoms with Crippen molar-refractivity contribution in [1.82, 2.24) is 20.4 Å². The highest BCUT2D eigenvalue weighted by atomic mass is 16.5. The molecule has 33 heavy (non-hydrogen) atoms. The fourth-order valence-corrected chi connectivity index (χ4v) is 6.01. The van der Waals surface area contributed by atoms with Gasteiger partial charge in [0.1, 0.15) is 5.56 Å². The van der Waals surface area contributed by atoms with E-state index in [1.165, 1.54) is 18.0 Å². The standard InChI is InChI=1S/C24H36N4O5/c1-14(2)33-21-18(13-25-28(21)7-6-23(3,4)27-22(30)32-5)20(29)26-19-16-8-15-9-17(19)12-24(31,10-15)11-16/h6-7,13-17,19,31H,8-12H2,1-5H3,(H,26,29)(H,27,30)/b7-6+/t15?,16?,17?,19-,24-. The molecule has 4 aliphatic carbocycles. The van der Waals surface area contributed by atoms with E-state index >= 15 is 0 Å². The molecule has 182 valence electrons. The molecule has 4 bridgehead atoms. The summed E-state index contributed by atoms with van der Waals surface area (Å²) in [5, 5.41) is 21.1. The molecule has 0 spiro atoms. The lowest BCUT2D eigenvalue weighted by molar-refractivity contribution is -0.136. The summed E-state index contributed by atoms with van der Waals surface area (Å²) in [6.07, 6.45) is 8.84. The van der Waals surface area contributed by atoms with Crippen LogP contribution in [0.4, 0.5) is 4.79 Å². The minimum atomic E-state index is -0.697. The van der Waals surface area contributed by atoms with Crippen LogP contribution in [0.15, 0.2) is 12.3 Å². The van der Waals surface area contributed by atoms with Crippen LogP contribution in [0.3, 0.4) is 0 Å². The van der Waals surface area contributed by atoms with E-state index in [0.29, 0.717) is 29.2 Å². The topological polar surface area (TPSA) is 115 Å². The Kier molecular flexibility index (Phi) is 6.20. The summed E-state index contributed by atoms with van der Waals surface area (Å²) in [7, 11) is 1.31. The normalized spacial score (nSPS) is 30.6. The van der Waals surface area contributed by atoms with Gasteiger partial charge in [0.05, 0.1) is 30.6 Å². The van der Waals surface area contributed by atoms with Crippen molar-refractivity contribution in [2.24, 2.45) is 17.8 Å². The van der Waals surface area contributed by atoms with Gasteiger partial charge < -0.3 is 25.2 Å². The van der Waals surface area contributed by atoms with Crippen molar-refractivity contribution in [3.63, 3.8) is 0 Å². The predicted molar refractivity (Wildman–Crippen MR) is 123 cm³/mol. The number of alkyl carbamates (subject to hydrolysis) is 1. The number of hydrogen-bond donors (Lipinski definition) is 3. The second-order valence-electron chi connectivity index (χ2n) is 10.8. The number of aliphatic hydroxyl groups is 1. The number of nitrogens with zero attached hydrogens (tertiary/aromatic N) is 2. The second-order valence-corrected chi connectivity index (χ2v) is 10.8. The van der Waals surface area contributed by atoms with Crippen molar-refractivity contribution in [2.75, 3.05) is 7.11 Å². The molecule has 2 atom stereocenters. The number of rotatable bonds is 7. The molecule has 4 aliphatic rings. The molecule has 0 aromatic carbocycles. The minimum absolute atomic E-state index is 0.0725. The molecular weight excluding hydrogens is 424 g/mol. The first kappa shape index (κ1) is 23.6. The van der Waals surface area contributed by atoms with Gasteiger partial charge in [0.15, 0.2) is 0 Å². The number of carbonyl (C=O) groups is 2. The predicted octanol–water partition coefficient (Wildman–Crippen LogP) is 2.95. The van der Waals surface area contributed by atoms with Gasteiger partial charge in [0, 0.05) is 12.2 Å². The van der Waals surface area contributed by atoms with Crippen molar-refractivity contribution in [3.8, 4) is 5.88 Å². The Balaban J connectivity index is 1.52. The monoisotopic (exact) mass is 460 g/mol. The summed E-state index contributed by atoms with van der Waals surface area (Å²) in [6.45, 7) is 7.43. The number of ether oxygens (including phenoxy) is 2. The minimum Gasteiger partial charge on any atom is -0.474 e. The maximum absolute atomic E-state index is 13.3. The highest BCUT2D eigenvalue weighted by Gasteiger charge is 2.55. The maximum Gasteiger partial charge on any atom is 0.407 e. The van der Waals surface area contributed by atoms with Gasteiger partial charge in [0.25, 0.3) is 5.91 Å². The second kappa shape index (κ2) is 8.66. The Morgan fingerprint density at radius 3 is 2.52 bits per heavy atom. The van der Waals surface area contributed by atoms with Gasteiger partial charge >= 0.3 is 6.09 Å². The molecule has 1 heterocycles. The lowest BCUT2D eigenvalue weighted by Crippen LogP contribution is -2.61. The molecule has 3 N–H and O–H groups in total. The largest absolute Gasteiger partial charge is 0.474 e. The Labute approximate surface area is 194 Å². The van der Waals surface area contributed by atoms with Gasteiger partial charge in [0.2, 0.25) is 5.88 Å². The van der Waals surface area contributed by atoms with E-state index in [-0.39, 0.29) is 18.1 Å². The molecule has 0 radical (unpaired) electrons. The number of methoxy groups -OCH3 is 1. The summed E-state index contributed by atoms with van der Waals surface area (Å²) in [4.78, 5) is 24.9. The third kappa shape index (κ3) is 5.03. The van der Waals surface area contributed by atoms with Crippen LogP contribution in [-0.2, 0) is 4.74 Å². The summed E-state index contributed by atoms with van der Waals surface area (Å²) >= 11 is 0. The number of hydrogen-bond acceptors (Lipinski definition) is 6. The average molecular weight is 461 g/mol. The Morgan fingerprint density at radius 1 is 1.27 bits per heavy atom. The van der Waals surface area contributed by atoms with Gasteiger partial charge in [-0.1, -0.05) is 0 Å². The maximum atomic E-state index is 13.3. The van der Waals surface area contributed by atoms with Crippen LogP contribution < -0.4 is 15.4 Å². The Bertz CT molecular complexity index is 921. The highest BCUT2D eigenvalue weighted by molar-refractivity contribution is 5.96. The molecule has 9 nitrogen and oxygen atoms in total. The third-order valence-electron chi connectivity index (χ3n) is 7.12. The van der Waals surface area contributed by atoms with Crippen LogP contribution in [-0.4, -0.2) is 57.3 Å². The summed E-state index contributed by atoms with van der Waals surface area (Å²) in [6, 6.07) is 0.0725. The number of aromatic nitrogens is 2. The molecule has 1 aromatic heterocycles. The van der Waals surface area contributed by atoms with E-state index in [2.05, 4.69) is 20.5 Å². The zero-order chi connectivity index (χ0) is 24.0. The number of amides is 2. The van der Waals surface area contributed by atoms with E-state index in [1.807, 2.05) is 27.7 Å². The van der Waals surface area contributed by atoms with Crippen LogP contribution >= 0.6 is 0 Å². The Hall–Kier alpha value is -2.55. The third-order valence-corrected chi connectivity index (χ3v) is 7.12. The van der Waals surface area contributed by atoms with E-state index in [4.69, 9.17) is 4.74 Å². The van der Waals surface area contributed by atoms with E-state index in [9.17, 15) is 14.7 Å². The molecular formula is C24H36N4O5. The molecule has 2 unspecified atom stereocenters. The smallest absolute Gasteiger partial charge is 0.407 e. The van der Waals surface area contributed by atoms with Crippen LogP contribution in [0.2, 0.25) is 0 Å². The molecule has 0 saturated heterocycles. The van der Waals surface area contributed by atoms with E-state index < -0.39 is 17.2 Å². The lowest BCUT2D eigenvalue weighted by atomic mass is 9.52. The van der Waals surface area contributed by atoms with Gasteiger partial charge in [-0.15, -0.1) is 0 Å². The van der Waals surface area contributed by atoms with Crippen molar-refractivity contribution in [1.29, 1.82) is 0 Å². The van der Waals surface area contributed by atoms with Gasteiger partial charge in [-0.3, -0.25) is 4.79 Å². The van der Waals surface area contributed by atoms with Crippen molar-refractivity contribution >= 4 is 18.2 Å². The van der Waals surface area contributed by atoms with Crippen LogP contribution in [0.1, 0.15) is 70.2 Å². The highest BCUT2D eigenvalue weighted by Crippen LogP contribution is 2.55. The lowest BCUT2D eigenvalue weighted by Gasteiger charge is -2.58. The van der Waals surface area contributed by atoms with E-state index in [1.54, 1.807) is 12.3 Å². The number of nitrogens with one attached hydrogen (secondary N) is 2. The van der Waals surface area contributed by atoms with E-state index in [0.717, 1.165) is 32.1 Å². The number of carbonyl (C=O) groups excluding carboxylic acids is 2. The molecule has 9 heteroatoms. The zero-order valence-electron chi connectivity index (χ0n) is 20.1. The van der Waals surface area contributed by atoms with Crippen LogP contribution in [0, 0.1) is 17.8 Å². The fourth-order valence-electron chi connectivity index (χ4n) is 6.01. The Morgan fingerprint density at radius 2 is 1.94 bits per heavy atom. The van der Waals surface area contributed by atoms with Crippen molar-refractivity contribution in [3.05, 3.63) is 17.8 Å². The molecule has 0 aliphatic heterocycles. The fraction of sp³-hybridized carbons (Fsp3) is 0.708. The SMILES string of the molecule is COC(=O)NC(C)(C)/C=C/n1ncc(C(=O)N[C@H]2C3CC4CC2C[C@](O)(C4)C3)c1OC(C)C. The first-order valence-electron chi connectivity index (χ1n) is 11.8. The summed E-state index contributed by atoms with van der Waals surface area (Å²) in [5.41, 5.74) is -0.860. The molecule has 5 rings (SSSR count). The van der Waals surface area contributed by atoms with Crippen LogP contribution in [0.5, 0.6) is 5.88 Å².